The third-order valence-corrected chi connectivity index (χ3v) is 2.50. The molecular weight excluding hydrogens is 293 g/mol. The van der Waals surface area contributed by atoms with Gasteiger partial charge < -0.3 is 4.74 Å². The minimum Gasteiger partial charge on any atom is -0.495 e. The predicted octanol–water partition coefficient (Wildman–Crippen LogP) is 2.39. The molecule has 0 unspecified atom stereocenters. The van der Waals surface area contributed by atoms with E-state index in [0.717, 1.165) is 6.07 Å². The highest BCUT2D eigenvalue weighted by molar-refractivity contribution is 14.1. The molecule has 0 amide bonds. The fourth-order valence-electron chi connectivity index (χ4n) is 0.844. The van der Waals surface area contributed by atoms with Crippen molar-refractivity contribution in [3.8, 4) is 5.75 Å². The van der Waals surface area contributed by atoms with Crippen LogP contribution in [0.25, 0.3) is 0 Å². The van der Waals surface area contributed by atoms with Crippen LogP contribution in [0.5, 0.6) is 5.75 Å². The zero-order valence-electron chi connectivity index (χ0n) is 6.61. The van der Waals surface area contributed by atoms with Crippen molar-refractivity contribution >= 4 is 28.9 Å². The molecule has 0 fully saturated rings. The summed E-state index contributed by atoms with van der Waals surface area (Å²) in [6.07, 6.45) is 0.145. The summed E-state index contributed by atoms with van der Waals surface area (Å²) in [5, 5.41) is 0. The van der Waals surface area contributed by atoms with Gasteiger partial charge in [0.05, 0.1) is 16.2 Å². The number of hydrogen-bond acceptors (Lipinski definition) is 2. The van der Waals surface area contributed by atoms with Crippen molar-refractivity contribution in [3.05, 3.63) is 26.8 Å². The maximum atomic E-state index is 13.2. The Kier molecular flexibility index (Phi) is 3.18. The van der Waals surface area contributed by atoms with E-state index >= 15 is 0 Å². The maximum Gasteiger partial charge on any atom is 0.156 e. The van der Waals surface area contributed by atoms with E-state index in [4.69, 9.17) is 4.74 Å². The molecule has 70 valence electrons. The lowest BCUT2D eigenvalue weighted by Crippen LogP contribution is -1.99. The molecule has 0 aromatic heterocycles. The van der Waals surface area contributed by atoms with E-state index in [9.17, 15) is 13.6 Å². The molecule has 0 aliphatic carbocycles. The molecule has 0 atom stereocenters. The molecule has 0 bridgehead atoms. The van der Waals surface area contributed by atoms with Crippen molar-refractivity contribution in [1.29, 1.82) is 0 Å². The van der Waals surface area contributed by atoms with Crippen molar-refractivity contribution in [1.82, 2.24) is 0 Å². The van der Waals surface area contributed by atoms with Gasteiger partial charge in [-0.3, -0.25) is 4.79 Å². The Morgan fingerprint density at radius 1 is 1.54 bits per heavy atom. The first-order chi connectivity index (χ1) is 6.11. The highest BCUT2D eigenvalue weighted by Gasteiger charge is 2.16. The van der Waals surface area contributed by atoms with Crippen LogP contribution in [-0.4, -0.2) is 13.4 Å². The van der Waals surface area contributed by atoms with Crippen molar-refractivity contribution in [2.45, 2.75) is 0 Å². The van der Waals surface area contributed by atoms with E-state index < -0.39 is 17.2 Å². The summed E-state index contributed by atoms with van der Waals surface area (Å²) >= 11 is 1.65. The third kappa shape index (κ3) is 1.79. The van der Waals surface area contributed by atoms with E-state index in [1.165, 1.54) is 7.11 Å². The lowest BCUT2D eigenvalue weighted by atomic mass is 10.2. The number of hydrogen-bond donors (Lipinski definition) is 0. The highest BCUT2D eigenvalue weighted by atomic mass is 127. The fourth-order valence-corrected chi connectivity index (χ4v) is 1.51. The second-order valence-corrected chi connectivity index (χ2v) is 3.30. The van der Waals surface area contributed by atoms with Crippen LogP contribution in [0.15, 0.2) is 6.07 Å². The van der Waals surface area contributed by atoms with Gasteiger partial charge in [-0.25, -0.2) is 8.78 Å². The minimum absolute atomic E-state index is 0.0844. The first-order valence-corrected chi connectivity index (χ1v) is 4.36. The van der Waals surface area contributed by atoms with E-state index in [2.05, 4.69) is 0 Å². The van der Waals surface area contributed by atoms with Gasteiger partial charge in [0.15, 0.2) is 12.1 Å². The largest absolute Gasteiger partial charge is 0.495 e. The van der Waals surface area contributed by atoms with E-state index in [1.54, 1.807) is 22.6 Å². The molecule has 1 aromatic carbocycles. The van der Waals surface area contributed by atoms with Crippen LogP contribution in [0.3, 0.4) is 0 Å². The number of methoxy groups -OCH3 is 1. The molecule has 0 saturated carbocycles. The molecule has 0 N–H and O–H groups in total. The van der Waals surface area contributed by atoms with Crippen LogP contribution >= 0.6 is 22.6 Å². The van der Waals surface area contributed by atoms with Gasteiger partial charge in [0.1, 0.15) is 11.6 Å². The van der Waals surface area contributed by atoms with Crippen LogP contribution in [0.2, 0.25) is 0 Å². The molecular formula is C8H5F2IO2. The van der Waals surface area contributed by atoms with Crippen molar-refractivity contribution < 1.29 is 18.3 Å². The maximum absolute atomic E-state index is 13.2. The molecule has 1 aromatic rings. The molecule has 1 rings (SSSR count). The van der Waals surface area contributed by atoms with E-state index in [-0.39, 0.29) is 15.6 Å². The molecule has 0 saturated heterocycles. The van der Waals surface area contributed by atoms with Crippen molar-refractivity contribution in [3.63, 3.8) is 0 Å². The Bertz CT molecular complexity index is 352. The second kappa shape index (κ2) is 3.99. The molecule has 0 radical (unpaired) electrons. The quantitative estimate of drug-likeness (QED) is 0.476. The standard InChI is InChI=1S/C8H5F2IO2/c1-13-6-2-5(9)4(3-12)7(10)8(6)11/h2-3H,1H3. The summed E-state index contributed by atoms with van der Waals surface area (Å²) in [5.74, 6) is -1.71. The molecule has 0 aliphatic rings. The van der Waals surface area contributed by atoms with Gasteiger partial charge in [0.25, 0.3) is 0 Å². The first-order valence-electron chi connectivity index (χ1n) is 3.28. The average molecular weight is 298 g/mol. The predicted molar refractivity (Wildman–Crippen MR) is 51.0 cm³/mol. The normalized spacial score (nSPS) is 9.85. The number of benzene rings is 1. The highest BCUT2D eigenvalue weighted by Crippen LogP contribution is 2.27. The van der Waals surface area contributed by atoms with Gasteiger partial charge in [0.2, 0.25) is 0 Å². The van der Waals surface area contributed by atoms with Crippen LogP contribution in [0, 0.1) is 15.2 Å². The SMILES string of the molecule is COc1cc(F)c(C=O)c(F)c1I. The number of halogens is 3. The van der Waals surface area contributed by atoms with Gasteiger partial charge in [-0.2, -0.15) is 0 Å². The van der Waals surface area contributed by atoms with Gasteiger partial charge in [-0.15, -0.1) is 0 Å². The lowest BCUT2D eigenvalue weighted by Gasteiger charge is -2.06. The van der Waals surface area contributed by atoms with Crippen LogP contribution in [0.1, 0.15) is 10.4 Å². The molecule has 0 heterocycles. The van der Waals surface area contributed by atoms with Gasteiger partial charge in [-0.1, -0.05) is 0 Å². The Balaban J connectivity index is 3.45. The van der Waals surface area contributed by atoms with E-state index in [0.29, 0.717) is 0 Å². The summed E-state index contributed by atoms with van der Waals surface area (Å²) < 4.78 is 30.9. The smallest absolute Gasteiger partial charge is 0.156 e. The van der Waals surface area contributed by atoms with Gasteiger partial charge in [-0.05, 0) is 22.6 Å². The molecule has 13 heavy (non-hydrogen) atoms. The minimum atomic E-state index is -0.912. The summed E-state index contributed by atoms with van der Waals surface area (Å²) in [5.41, 5.74) is -0.565. The van der Waals surface area contributed by atoms with Crippen LogP contribution in [0.4, 0.5) is 8.78 Å². The molecule has 0 aliphatic heterocycles. The van der Waals surface area contributed by atoms with Gasteiger partial charge >= 0.3 is 0 Å². The number of carbonyl (C=O) groups excluding carboxylic acids is 1. The summed E-state index contributed by atoms with van der Waals surface area (Å²) in [6.45, 7) is 0. The lowest BCUT2D eigenvalue weighted by molar-refractivity contribution is 0.111. The zero-order valence-corrected chi connectivity index (χ0v) is 8.76. The van der Waals surface area contributed by atoms with E-state index in [1.807, 2.05) is 0 Å². The fraction of sp³-hybridized carbons (Fsp3) is 0.125. The molecule has 5 heteroatoms. The zero-order chi connectivity index (χ0) is 10.0. The second-order valence-electron chi connectivity index (χ2n) is 2.22. The topological polar surface area (TPSA) is 26.3 Å². The number of rotatable bonds is 2. The average Bonchev–Trinajstić information content (AvgIpc) is 2.12. The van der Waals surface area contributed by atoms with Crippen LogP contribution in [-0.2, 0) is 0 Å². The number of carbonyl (C=O) groups is 1. The Labute approximate surface area is 87.0 Å². The first kappa shape index (κ1) is 10.4. The Morgan fingerprint density at radius 2 is 2.15 bits per heavy atom. The van der Waals surface area contributed by atoms with Crippen LogP contribution < -0.4 is 4.74 Å². The summed E-state index contributed by atoms with van der Waals surface area (Å²) in [4.78, 5) is 10.3. The van der Waals surface area contributed by atoms with Crippen molar-refractivity contribution in [2.75, 3.05) is 7.11 Å². The summed E-state index contributed by atoms with van der Waals surface area (Å²) in [7, 11) is 1.30. The molecule has 2 nitrogen and oxygen atoms in total. The Hall–Kier alpha value is -0.720. The number of ether oxygens (including phenoxy) is 1. The monoisotopic (exact) mass is 298 g/mol. The van der Waals surface area contributed by atoms with Crippen molar-refractivity contribution in [2.24, 2.45) is 0 Å². The summed E-state index contributed by atoms with van der Waals surface area (Å²) in [6, 6.07) is 0.981. The van der Waals surface area contributed by atoms with Gasteiger partial charge in [0, 0.05) is 6.07 Å². The molecule has 0 spiro atoms. The Morgan fingerprint density at radius 3 is 2.62 bits per heavy atom. The third-order valence-electron chi connectivity index (χ3n) is 1.50. The number of aldehydes is 1.